The number of amides is 1. The quantitative estimate of drug-likeness (QED) is 0.430. The van der Waals surface area contributed by atoms with Gasteiger partial charge >= 0.3 is 0 Å². The molecule has 9 heteroatoms. The fraction of sp³-hybridized carbons (Fsp3) is 0.462. The van der Waals surface area contributed by atoms with E-state index in [-0.39, 0.29) is 40.4 Å². The van der Waals surface area contributed by atoms with Gasteiger partial charge in [0.2, 0.25) is 10.0 Å². The molecule has 8 nitrogen and oxygen atoms in total. The monoisotopic (exact) mass is 497 g/mol. The molecule has 1 amide bonds. The van der Waals surface area contributed by atoms with Crippen molar-refractivity contribution in [2.24, 2.45) is 5.41 Å². The molecule has 1 saturated carbocycles. The summed E-state index contributed by atoms with van der Waals surface area (Å²) in [7, 11) is -3.77. The van der Waals surface area contributed by atoms with Crippen LogP contribution in [0.3, 0.4) is 0 Å². The molecule has 1 fully saturated rings. The Hall–Kier alpha value is -2.91. The number of pyridine rings is 1. The van der Waals surface area contributed by atoms with Crippen LogP contribution in [-0.4, -0.2) is 35.8 Å². The van der Waals surface area contributed by atoms with Crippen LogP contribution in [0.2, 0.25) is 0 Å². The Morgan fingerprint density at radius 3 is 2.74 bits per heavy atom. The van der Waals surface area contributed by atoms with E-state index in [1.54, 1.807) is 26.0 Å². The molecule has 1 aromatic carbocycles. The Labute approximate surface area is 207 Å². The topological polar surface area (TPSA) is 105 Å². The Balaban J connectivity index is 1.58. The van der Waals surface area contributed by atoms with E-state index in [1.807, 2.05) is 35.0 Å². The van der Waals surface area contributed by atoms with Gasteiger partial charge in [0.1, 0.15) is 5.65 Å². The van der Waals surface area contributed by atoms with Crippen LogP contribution in [0.25, 0.3) is 5.65 Å². The van der Waals surface area contributed by atoms with Crippen LogP contribution >= 0.6 is 0 Å². The van der Waals surface area contributed by atoms with E-state index >= 15 is 0 Å². The zero-order chi connectivity index (χ0) is 25.2. The number of carbonyl (C=O) groups is 1. The summed E-state index contributed by atoms with van der Waals surface area (Å²) in [6, 6.07) is 10.5. The lowest BCUT2D eigenvalue weighted by molar-refractivity contribution is 0.0950. The molecule has 3 aromatic rings. The number of imidazole rings is 1. The fourth-order valence-corrected chi connectivity index (χ4v) is 6.07. The highest BCUT2D eigenvalue weighted by atomic mass is 32.2. The van der Waals surface area contributed by atoms with Gasteiger partial charge in [-0.15, -0.1) is 0 Å². The van der Waals surface area contributed by atoms with Crippen molar-refractivity contribution in [3.8, 4) is 0 Å². The van der Waals surface area contributed by atoms with Crippen LogP contribution in [0.15, 0.2) is 53.7 Å². The minimum absolute atomic E-state index is 0.0733. The third-order valence-corrected chi connectivity index (χ3v) is 7.93. The first-order valence-corrected chi connectivity index (χ1v) is 13.6. The number of hydrogen-bond acceptors (Lipinski definition) is 5. The molecule has 1 aliphatic carbocycles. The van der Waals surface area contributed by atoms with E-state index in [1.165, 1.54) is 12.5 Å². The number of nitrogens with one attached hydrogen (secondary N) is 3. The van der Waals surface area contributed by atoms with Gasteiger partial charge in [0, 0.05) is 35.7 Å². The predicted octanol–water partition coefficient (Wildman–Crippen LogP) is 4.33. The van der Waals surface area contributed by atoms with Gasteiger partial charge in [0.25, 0.3) is 5.91 Å². The molecular formula is C26H35N5O3S. The lowest BCUT2D eigenvalue weighted by Gasteiger charge is -2.36. The fourth-order valence-electron chi connectivity index (χ4n) is 4.75. The number of sulfonamides is 1. The number of aromatic nitrogens is 2. The van der Waals surface area contributed by atoms with E-state index in [0.717, 1.165) is 30.6 Å². The highest BCUT2D eigenvalue weighted by Gasteiger charge is 2.28. The first-order valence-electron chi connectivity index (χ1n) is 12.2. The molecule has 4 rings (SSSR count). The first kappa shape index (κ1) is 25.2. The van der Waals surface area contributed by atoms with Gasteiger partial charge in [-0.3, -0.25) is 4.79 Å². The van der Waals surface area contributed by atoms with Crippen molar-refractivity contribution in [3.63, 3.8) is 0 Å². The summed E-state index contributed by atoms with van der Waals surface area (Å²) in [5, 5.41) is 6.38. The van der Waals surface area contributed by atoms with Gasteiger partial charge in [-0.1, -0.05) is 26.3 Å². The summed E-state index contributed by atoms with van der Waals surface area (Å²) in [5.74, 6) is -0.351. The summed E-state index contributed by atoms with van der Waals surface area (Å²) in [6.45, 7) is 8.29. The predicted molar refractivity (Wildman–Crippen MR) is 138 cm³/mol. The Morgan fingerprint density at radius 1 is 1.23 bits per heavy atom. The number of fused-ring (bicyclic) bond motifs is 1. The van der Waals surface area contributed by atoms with Crippen molar-refractivity contribution in [2.75, 3.05) is 5.32 Å². The molecule has 188 valence electrons. The highest BCUT2D eigenvalue weighted by molar-refractivity contribution is 7.89. The van der Waals surface area contributed by atoms with Crippen molar-refractivity contribution in [1.29, 1.82) is 0 Å². The zero-order valence-corrected chi connectivity index (χ0v) is 21.7. The Kier molecular flexibility index (Phi) is 7.19. The summed E-state index contributed by atoms with van der Waals surface area (Å²) in [5.41, 5.74) is 2.67. The second-order valence-electron chi connectivity index (χ2n) is 10.5. The average molecular weight is 498 g/mol. The maximum absolute atomic E-state index is 13.1. The van der Waals surface area contributed by atoms with Crippen molar-refractivity contribution in [2.45, 2.75) is 76.9 Å². The maximum Gasteiger partial charge on any atom is 0.251 e. The van der Waals surface area contributed by atoms with Crippen LogP contribution in [0.5, 0.6) is 0 Å². The Bertz CT molecular complexity index is 1280. The van der Waals surface area contributed by atoms with Crippen molar-refractivity contribution in [3.05, 3.63) is 60.0 Å². The molecular weight excluding hydrogens is 462 g/mol. The third-order valence-electron chi connectivity index (χ3n) is 6.29. The van der Waals surface area contributed by atoms with Gasteiger partial charge in [-0.05, 0) is 68.9 Å². The van der Waals surface area contributed by atoms with Gasteiger partial charge in [0.05, 0.1) is 17.1 Å². The molecule has 0 radical (unpaired) electrons. The number of benzene rings is 1. The second kappa shape index (κ2) is 9.99. The molecule has 3 N–H and O–H groups in total. The lowest BCUT2D eigenvalue weighted by Crippen LogP contribution is -2.33. The number of carbonyl (C=O) groups excluding carboxylic acids is 1. The van der Waals surface area contributed by atoms with E-state index in [2.05, 4.69) is 34.2 Å². The smallest absolute Gasteiger partial charge is 0.251 e. The van der Waals surface area contributed by atoms with Crippen LogP contribution < -0.4 is 15.4 Å². The molecule has 2 aromatic heterocycles. The maximum atomic E-state index is 13.1. The molecule has 2 heterocycles. The van der Waals surface area contributed by atoms with Crippen molar-refractivity contribution in [1.82, 2.24) is 19.4 Å². The second-order valence-corrected chi connectivity index (χ2v) is 12.2. The molecule has 1 aliphatic rings. The number of anilines is 1. The van der Waals surface area contributed by atoms with E-state index in [0.29, 0.717) is 5.69 Å². The van der Waals surface area contributed by atoms with Crippen molar-refractivity contribution >= 4 is 27.3 Å². The van der Waals surface area contributed by atoms with Crippen LogP contribution in [-0.2, 0) is 16.6 Å². The number of rotatable bonds is 8. The summed E-state index contributed by atoms with van der Waals surface area (Å²) >= 11 is 0. The lowest BCUT2D eigenvalue weighted by atomic mass is 9.75. The standard InChI is InChI=1S/C26H35N5O3S/c1-18(2)30-35(33,34)23-13-19(12-21(14-23)28-20-8-7-10-26(3,4)15-20)25(32)27-16-22-17-31-11-6-5-9-24(31)29-22/h5-6,9,11-14,17-18,20,28,30H,7-8,10,15-16H2,1-4H3,(H,27,32). The molecule has 1 unspecified atom stereocenters. The molecule has 0 bridgehead atoms. The highest BCUT2D eigenvalue weighted by Crippen LogP contribution is 2.36. The van der Waals surface area contributed by atoms with Crippen molar-refractivity contribution < 1.29 is 13.2 Å². The number of nitrogens with zero attached hydrogens (tertiary/aromatic N) is 2. The average Bonchev–Trinajstić information content (AvgIpc) is 3.19. The number of hydrogen-bond donors (Lipinski definition) is 3. The molecule has 1 atom stereocenters. The molecule has 0 aliphatic heterocycles. The third kappa shape index (κ3) is 6.41. The van der Waals surface area contributed by atoms with Crippen LogP contribution in [0, 0.1) is 5.41 Å². The normalized spacial score (nSPS) is 18.0. The minimum Gasteiger partial charge on any atom is -0.382 e. The minimum atomic E-state index is -3.77. The summed E-state index contributed by atoms with van der Waals surface area (Å²) < 4.78 is 30.4. The largest absolute Gasteiger partial charge is 0.382 e. The zero-order valence-electron chi connectivity index (χ0n) is 20.8. The molecule has 35 heavy (non-hydrogen) atoms. The van der Waals surface area contributed by atoms with E-state index in [9.17, 15) is 13.2 Å². The Morgan fingerprint density at radius 2 is 2.03 bits per heavy atom. The van der Waals surface area contributed by atoms with E-state index in [4.69, 9.17) is 0 Å². The van der Waals surface area contributed by atoms with Gasteiger partial charge in [-0.25, -0.2) is 18.1 Å². The SMILES string of the molecule is CC(C)NS(=O)(=O)c1cc(NC2CCCC(C)(C)C2)cc(C(=O)NCc2cn3ccccc3n2)c1. The van der Waals surface area contributed by atoms with Crippen LogP contribution in [0.1, 0.15) is 69.4 Å². The summed E-state index contributed by atoms with van der Waals surface area (Å²) in [6.07, 6.45) is 8.05. The first-order chi connectivity index (χ1) is 16.5. The molecule has 0 saturated heterocycles. The van der Waals surface area contributed by atoms with Gasteiger partial charge in [-0.2, -0.15) is 0 Å². The molecule has 0 spiro atoms. The van der Waals surface area contributed by atoms with E-state index < -0.39 is 10.0 Å². The summed E-state index contributed by atoms with van der Waals surface area (Å²) in [4.78, 5) is 17.7. The van der Waals surface area contributed by atoms with Gasteiger partial charge < -0.3 is 15.0 Å². The van der Waals surface area contributed by atoms with Gasteiger partial charge in [0.15, 0.2) is 0 Å². The van der Waals surface area contributed by atoms with Crippen LogP contribution in [0.4, 0.5) is 5.69 Å².